The molecule has 0 fully saturated rings. The molecule has 5 heteroatoms. The van der Waals surface area contributed by atoms with Gasteiger partial charge in [0, 0.05) is 12.8 Å². The van der Waals surface area contributed by atoms with Crippen molar-refractivity contribution in [2.75, 3.05) is 13.2 Å². The van der Waals surface area contributed by atoms with Crippen molar-refractivity contribution in [2.24, 2.45) is 0 Å². The molecule has 1 aromatic rings. The van der Waals surface area contributed by atoms with Gasteiger partial charge in [0.25, 0.3) is 0 Å². The maximum Gasteiger partial charge on any atom is 0.305 e. The Morgan fingerprint density at radius 3 is 1.96 bits per heavy atom. The second-order valence-electron chi connectivity index (χ2n) is 5.62. The van der Waals surface area contributed by atoms with Gasteiger partial charge in [-0.3, -0.25) is 9.59 Å². The van der Waals surface area contributed by atoms with Crippen LogP contribution < -0.4 is 0 Å². The van der Waals surface area contributed by atoms with E-state index in [1.807, 2.05) is 31.2 Å². The lowest BCUT2D eigenvalue weighted by molar-refractivity contribution is -0.143. The number of nitrogens with zero attached hydrogens (tertiary/aromatic N) is 1. The number of carbonyl (C=O) groups excluding carboxylic acids is 2. The van der Waals surface area contributed by atoms with Crippen LogP contribution in [-0.4, -0.2) is 25.2 Å². The molecule has 0 heterocycles. The van der Waals surface area contributed by atoms with E-state index < -0.39 is 5.41 Å². The molecule has 1 aromatic carbocycles. The predicted octanol–water partition coefficient (Wildman–Crippen LogP) is 3.44. The normalized spacial score (nSPS) is 10.8. The third-order valence-corrected chi connectivity index (χ3v) is 4.00. The summed E-state index contributed by atoms with van der Waals surface area (Å²) in [5, 5.41) is 9.89. The molecule has 1 rings (SSSR count). The van der Waals surface area contributed by atoms with Crippen LogP contribution in [0.25, 0.3) is 0 Å². The van der Waals surface area contributed by atoms with Crippen molar-refractivity contribution >= 4 is 11.9 Å². The smallest absolute Gasteiger partial charge is 0.305 e. The van der Waals surface area contributed by atoms with Crippen LogP contribution in [0.5, 0.6) is 0 Å². The summed E-state index contributed by atoms with van der Waals surface area (Å²) in [6.07, 6.45) is 0.899. The molecule has 0 unspecified atom stereocenters. The number of ether oxygens (including phenoxy) is 2. The van der Waals surface area contributed by atoms with Gasteiger partial charge in [0.1, 0.15) is 0 Å². The second kappa shape index (κ2) is 9.71. The summed E-state index contributed by atoms with van der Waals surface area (Å²) < 4.78 is 9.94. The van der Waals surface area contributed by atoms with Crippen molar-refractivity contribution < 1.29 is 19.1 Å². The number of hydrogen-bond acceptors (Lipinski definition) is 5. The molecule has 24 heavy (non-hydrogen) atoms. The number of nitriles is 1. The van der Waals surface area contributed by atoms with Gasteiger partial charge in [0.05, 0.1) is 24.7 Å². The van der Waals surface area contributed by atoms with E-state index >= 15 is 0 Å². The summed E-state index contributed by atoms with van der Waals surface area (Å²) in [5.74, 6) is -0.663. The average Bonchev–Trinajstić information content (AvgIpc) is 2.57. The van der Waals surface area contributed by atoms with Crippen LogP contribution in [0, 0.1) is 18.3 Å². The fraction of sp³-hybridized carbons (Fsp3) is 0.526. The number of benzene rings is 1. The SMILES string of the molecule is CCOC(=O)CCC(C#N)(CCC(=O)OCC)c1ccccc1C. The first-order valence-electron chi connectivity index (χ1n) is 8.27. The summed E-state index contributed by atoms with van der Waals surface area (Å²) in [6, 6.07) is 9.93. The fourth-order valence-electron chi connectivity index (χ4n) is 2.77. The van der Waals surface area contributed by atoms with Crippen molar-refractivity contribution in [1.82, 2.24) is 0 Å². The highest BCUT2D eigenvalue weighted by Crippen LogP contribution is 2.36. The van der Waals surface area contributed by atoms with Crippen molar-refractivity contribution in [3.05, 3.63) is 35.4 Å². The highest BCUT2D eigenvalue weighted by molar-refractivity contribution is 5.71. The van der Waals surface area contributed by atoms with Gasteiger partial charge in [-0.15, -0.1) is 0 Å². The lowest BCUT2D eigenvalue weighted by Crippen LogP contribution is -2.28. The van der Waals surface area contributed by atoms with Crippen LogP contribution in [0.2, 0.25) is 0 Å². The third kappa shape index (κ3) is 5.38. The summed E-state index contributed by atoms with van der Waals surface area (Å²) in [6.45, 7) is 6.04. The second-order valence-corrected chi connectivity index (χ2v) is 5.62. The van der Waals surface area contributed by atoms with E-state index in [1.165, 1.54) is 0 Å². The molecule has 0 atom stereocenters. The van der Waals surface area contributed by atoms with Crippen molar-refractivity contribution in [3.8, 4) is 6.07 Å². The molecule has 5 nitrogen and oxygen atoms in total. The van der Waals surface area contributed by atoms with Crippen molar-refractivity contribution in [1.29, 1.82) is 5.26 Å². The Morgan fingerprint density at radius 2 is 1.54 bits per heavy atom. The molecule has 0 amide bonds. The largest absolute Gasteiger partial charge is 0.466 e. The molecule has 0 aliphatic heterocycles. The zero-order valence-electron chi connectivity index (χ0n) is 14.6. The molecule has 0 aliphatic rings. The first kappa shape index (κ1) is 19.7. The van der Waals surface area contributed by atoms with E-state index in [4.69, 9.17) is 9.47 Å². The zero-order chi connectivity index (χ0) is 18.0. The van der Waals surface area contributed by atoms with Crippen molar-refractivity contribution in [3.63, 3.8) is 0 Å². The zero-order valence-corrected chi connectivity index (χ0v) is 14.6. The minimum atomic E-state index is -0.912. The molecule has 0 radical (unpaired) electrons. The number of aryl methyl sites for hydroxylation is 1. The molecular weight excluding hydrogens is 306 g/mol. The van der Waals surface area contributed by atoms with Crippen LogP contribution in [0.15, 0.2) is 24.3 Å². The molecule has 0 aliphatic carbocycles. The van der Waals surface area contributed by atoms with Gasteiger partial charge in [-0.1, -0.05) is 24.3 Å². The van der Waals surface area contributed by atoms with Crippen LogP contribution >= 0.6 is 0 Å². The Balaban J connectivity index is 3.04. The number of carbonyl (C=O) groups is 2. The van der Waals surface area contributed by atoms with Gasteiger partial charge in [0.2, 0.25) is 0 Å². The lowest BCUT2D eigenvalue weighted by Gasteiger charge is -2.28. The lowest BCUT2D eigenvalue weighted by atomic mass is 9.73. The summed E-state index contributed by atoms with van der Waals surface area (Å²) in [4.78, 5) is 23.5. The van der Waals surface area contributed by atoms with E-state index in [0.717, 1.165) is 11.1 Å². The average molecular weight is 331 g/mol. The van der Waals surface area contributed by atoms with Crippen LogP contribution in [-0.2, 0) is 24.5 Å². The van der Waals surface area contributed by atoms with Gasteiger partial charge in [0.15, 0.2) is 0 Å². The maximum absolute atomic E-state index is 11.7. The number of esters is 2. The number of rotatable bonds is 9. The standard InChI is InChI=1S/C19H25NO4/c1-4-23-17(21)10-12-19(14-20,13-11-18(22)24-5-2)16-9-7-6-8-15(16)3/h6-9H,4-5,10-13H2,1-3H3. The Bertz CT molecular complexity index is 582. The fourth-order valence-corrected chi connectivity index (χ4v) is 2.77. The molecule has 0 aromatic heterocycles. The van der Waals surface area contributed by atoms with Gasteiger partial charge in [-0.05, 0) is 44.7 Å². The maximum atomic E-state index is 11.7. The minimum Gasteiger partial charge on any atom is -0.466 e. The van der Waals surface area contributed by atoms with Gasteiger partial charge in [-0.25, -0.2) is 0 Å². The predicted molar refractivity (Wildman–Crippen MR) is 90.2 cm³/mol. The Morgan fingerprint density at radius 1 is 1.04 bits per heavy atom. The van der Waals surface area contributed by atoms with Crippen LogP contribution in [0.1, 0.15) is 50.7 Å². The third-order valence-electron chi connectivity index (χ3n) is 4.00. The Labute approximate surface area is 143 Å². The molecule has 0 N–H and O–H groups in total. The van der Waals surface area contributed by atoms with Crippen LogP contribution in [0.3, 0.4) is 0 Å². The summed E-state index contributed by atoms with van der Waals surface area (Å²) in [7, 11) is 0. The molecule has 0 spiro atoms. The summed E-state index contributed by atoms with van der Waals surface area (Å²) in [5.41, 5.74) is 0.901. The van der Waals surface area contributed by atoms with E-state index in [-0.39, 0.29) is 24.8 Å². The Hall–Kier alpha value is -2.35. The highest BCUT2D eigenvalue weighted by atomic mass is 16.5. The Kier molecular flexibility index (Phi) is 7.97. The first-order chi connectivity index (χ1) is 11.5. The van der Waals surface area contributed by atoms with E-state index in [9.17, 15) is 14.9 Å². The van der Waals surface area contributed by atoms with Gasteiger partial charge in [-0.2, -0.15) is 5.26 Å². The summed E-state index contributed by atoms with van der Waals surface area (Å²) >= 11 is 0. The molecule has 130 valence electrons. The quantitative estimate of drug-likeness (QED) is 0.648. The first-order valence-corrected chi connectivity index (χ1v) is 8.27. The number of hydrogen-bond donors (Lipinski definition) is 0. The van der Waals surface area contributed by atoms with E-state index in [1.54, 1.807) is 13.8 Å². The molecule has 0 saturated heterocycles. The monoisotopic (exact) mass is 331 g/mol. The molecule has 0 saturated carbocycles. The molecular formula is C19H25NO4. The van der Waals surface area contributed by atoms with Crippen molar-refractivity contribution in [2.45, 2.75) is 51.9 Å². The topological polar surface area (TPSA) is 76.4 Å². The highest BCUT2D eigenvalue weighted by Gasteiger charge is 2.35. The van der Waals surface area contributed by atoms with Crippen LogP contribution in [0.4, 0.5) is 0 Å². The molecule has 0 bridgehead atoms. The van der Waals surface area contributed by atoms with Gasteiger partial charge < -0.3 is 9.47 Å². The minimum absolute atomic E-state index is 0.137. The van der Waals surface area contributed by atoms with E-state index in [0.29, 0.717) is 26.1 Å². The van der Waals surface area contributed by atoms with E-state index in [2.05, 4.69) is 6.07 Å². The van der Waals surface area contributed by atoms with Gasteiger partial charge >= 0.3 is 11.9 Å².